The summed E-state index contributed by atoms with van der Waals surface area (Å²) in [5.41, 5.74) is 0.353. The molecule has 0 saturated heterocycles. The van der Waals surface area contributed by atoms with E-state index in [1.54, 1.807) is 72.8 Å². The van der Waals surface area contributed by atoms with Crippen LogP contribution < -0.4 is 14.9 Å². The second kappa shape index (κ2) is 8.20. The molecule has 6 heteroatoms. The van der Waals surface area contributed by atoms with Gasteiger partial charge in [0.05, 0.1) is 10.4 Å². The second-order valence-electron chi connectivity index (χ2n) is 6.14. The first-order valence-electron chi connectivity index (χ1n) is 8.83. The number of carbonyl (C=O) groups excluding carboxylic acids is 1. The highest BCUT2D eigenvalue weighted by atomic mass is 35.5. The van der Waals surface area contributed by atoms with Crippen LogP contribution in [0, 0.1) is 0 Å². The fourth-order valence-electron chi connectivity index (χ4n) is 2.84. The number of hydrogen-bond donors (Lipinski definition) is 0. The van der Waals surface area contributed by atoms with Gasteiger partial charge in [-0.25, -0.2) is 4.79 Å². The predicted octanol–water partition coefficient (Wildman–Crippen LogP) is 5.10. The molecule has 5 nitrogen and oxygen atoms in total. The minimum atomic E-state index is -0.732. The summed E-state index contributed by atoms with van der Waals surface area (Å²) >= 11 is 6.28. The van der Waals surface area contributed by atoms with Crippen LogP contribution in [0.25, 0.3) is 22.3 Å². The Labute approximate surface area is 171 Å². The molecule has 29 heavy (non-hydrogen) atoms. The van der Waals surface area contributed by atoms with Gasteiger partial charge in [0.2, 0.25) is 11.2 Å². The highest BCUT2D eigenvalue weighted by Gasteiger charge is 2.22. The van der Waals surface area contributed by atoms with E-state index in [4.69, 9.17) is 25.5 Å². The smallest absolute Gasteiger partial charge is 0.349 e. The van der Waals surface area contributed by atoms with Gasteiger partial charge in [0, 0.05) is 5.56 Å². The van der Waals surface area contributed by atoms with Gasteiger partial charge in [-0.3, -0.25) is 4.79 Å². The largest absolute Gasteiger partial charge is 0.482 e. The monoisotopic (exact) mass is 406 g/mol. The van der Waals surface area contributed by atoms with Gasteiger partial charge in [0.15, 0.2) is 12.4 Å². The minimum absolute atomic E-state index is 0.0901. The van der Waals surface area contributed by atoms with Crippen molar-refractivity contribution in [1.29, 1.82) is 0 Å². The number of esters is 1. The summed E-state index contributed by atoms with van der Waals surface area (Å²) in [4.78, 5) is 25.4. The van der Waals surface area contributed by atoms with Crippen molar-refractivity contribution in [3.05, 3.63) is 94.1 Å². The van der Waals surface area contributed by atoms with E-state index >= 15 is 0 Å². The van der Waals surface area contributed by atoms with Crippen LogP contribution >= 0.6 is 11.6 Å². The van der Waals surface area contributed by atoms with Gasteiger partial charge in [0.1, 0.15) is 11.3 Å². The number of fused-ring (bicyclic) bond motifs is 1. The maximum atomic E-state index is 13.0. The summed E-state index contributed by atoms with van der Waals surface area (Å²) in [6.07, 6.45) is 0. The molecule has 3 aromatic carbocycles. The van der Waals surface area contributed by atoms with E-state index in [0.717, 1.165) is 0 Å². The molecule has 0 aliphatic rings. The average molecular weight is 407 g/mol. The third-order valence-corrected chi connectivity index (χ3v) is 4.52. The molecule has 0 aliphatic heterocycles. The van der Waals surface area contributed by atoms with Crippen LogP contribution in [0.5, 0.6) is 11.5 Å². The second-order valence-corrected chi connectivity index (χ2v) is 6.55. The maximum absolute atomic E-state index is 13.0. The van der Waals surface area contributed by atoms with E-state index < -0.39 is 11.4 Å². The maximum Gasteiger partial charge on any atom is 0.349 e. The van der Waals surface area contributed by atoms with Crippen LogP contribution in [0.15, 0.2) is 88.1 Å². The third kappa shape index (κ3) is 4.00. The molecule has 4 rings (SSSR count). The summed E-state index contributed by atoms with van der Waals surface area (Å²) in [6.45, 7) is -0.363. The number of hydrogen-bond acceptors (Lipinski definition) is 5. The van der Waals surface area contributed by atoms with E-state index in [1.165, 1.54) is 0 Å². The molecule has 1 heterocycles. The Morgan fingerprint density at radius 3 is 2.38 bits per heavy atom. The molecule has 0 bridgehead atoms. The Morgan fingerprint density at radius 2 is 1.59 bits per heavy atom. The van der Waals surface area contributed by atoms with E-state index in [-0.39, 0.29) is 18.1 Å². The normalized spacial score (nSPS) is 10.7. The quantitative estimate of drug-likeness (QED) is 0.431. The zero-order valence-electron chi connectivity index (χ0n) is 15.1. The molecule has 0 aliphatic carbocycles. The summed E-state index contributed by atoms with van der Waals surface area (Å²) < 4.78 is 16.7. The minimum Gasteiger partial charge on any atom is -0.482 e. The summed E-state index contributed by atoms with van der Waals surface area (Å²) in [7, 11) is 0. The third-order valence-electron chi connectivity index (χ3n) is 4.19. The van der Waals surface area contributed by atoms with Gasteiger partial charge in [-0.15, -0.1) is 0 Å². The molecule has 0 amide bonds. The first-order valence-corrected chi connectivity index (χ1v) is 9.20. The van der Waals surface area contributed by atoms with Crippen LogP contribution in [-0.2, 0) is 4.79 Å². The molecule has 0 N–H and O–H groups in total. The molecule has 0 atom stereocenters. The number of halogens is 1. The lowest BCUT2D eigenvalue weighted by atomic mass is 10.1. The molecule has 0 fully saturated rings. The molecule has 0 spiro atoms. The van der Waals surface area contributed by atoms with E-state index in [9.17, 15) is 9.59 Å². The first kappa shape index (κ1) is 18.8. The van der Waals surface area contributed by atoms with Crippen LogP contribution in [0.3, 0.4) is 0 Å². The number of para-hydroxylation sites is 2. The summed E-state index contributed by atoms with van der Waals surface area (Å²) in [5, 5.41) is 0.666. The highest BCUT2D eigenvalue weighted by molar-refractivity contribution is 6.33. The Hall–Kier alpha value is -3.57. The molecular weight excluding hydrogens is 392 g/mol. The zero-order chi connectivity index (χ0) is 20.2. The van der Waals surface area contributed by atoms with Crippen molar-refractivity contribution in [3.63, 3.8) is 0 Å². The van der Waals surface area contributed by atoms with Gasteiger partial charge >= 0.3 is 5.97 Å². The van der Waals surface area contributed by atoms with Crippen LogP contribution in [0.2, 0.25) is 5.02 Å². The lowest BCUT2D eigenvalue weighted by molar-refractivity contribution is -0.136. The number of ether oxygens (including phenoxy) is 2. The van der Waals surface area contributed by atoms with Crippen molar-refractivity contribution in [3.8, 4) is 22.8 Å². The molecule has 144 valence electrons. The van der Waals surface area contributed by atoms with Gasteiger partial charge in [0.25, 0.3) is 0 Å². The average Bonchev–Trinajstić information content (AvgIpc) is 2.75. The van der Waals surface area contributed by atoms with E-state index in [2.05, 4.69) is 0 Å². The fraction of sp³-hybridized carbons (Fsp3) is 0.0435. The van der Waals surface area contributed by atoms with Crippen molar-refractivity contribution in [2.45, 2.75) is 0 Å². The Balaban J connectivity index is 1.73. The van der Waals surface area contributed by atoms with Gasteiger partial charge in [-0.05, 0) is 36.4 Å². The first-order chi connectivity index (χ1) is 14.1. The number of rotatable bonds is 5. The van der Waals surface area contributed by atoms with Crippen molar-refractivity contribution < 1.29 is 18.7 Å². The SMILES string of the molecule is O=C(COc1ccccc1)Oc1c(-c2ccccc2Cl)oc2ccccc2c1=O. The van der Waals surface area contributed by atoms with Crippen molar-refractivity contribution in [1.82, 2.24) is 0 Å². The Kier molecular flexibility index (Phi) is 5.31. The Morgan fingerprint density at radius 1 is 0.897 bits per heavy atom. The Bertz CT molecular complexity index is 1230. The van der Waals surface area contributed by atoms with E-state index in [1.807, 2.05) is 6.07 Å². The van der Waals surface area contributed by atoms with E-state index in [0.29, 0.717) is 27.3 Å². The lowest BCUT2D eigenvalue weighted by Crippen LogP contribution is -2.21. The van der Waals surface area contributed by atoms with Gasteiger partial charge in [-0.1, -0.05) is 54.1 Å². The number of benzene rings is 3. The van der Waals surface area contributed by atoms with Crippen LogP contribution in [0.1, 0.15) is 0 Å². The standard InChI is InChI=1S/C23H15ClO5/c24-18-12-6-4-10-16(18)22-23(21(26)17-11-5-7-13-19(17)28-22)29-20(25)14-27-15-8-2-1-3-9-15/h1-13H,14H2. The van der Waals surface area contributed by atoms with Crippen molar-refractivity contribution in [2.75, 3.05) is 6.61 Å². The lowest BCUT2D eigenvalue weighted by Gasteiger charge is -2.12. The topological polar surface area (TPSA) is 65.7 Å². The molecule has 4 aromatic rings. The molecule has 1 aromatic heterocycles. The predicted molar refractivity (Wildman–Crippen MR) is 111 cm³/mol. The summed E-state index contributed by atoms with van der Waals surface area (Å²) in [6, 6.07) is 22.4. The zero-order valence-corrected chi connectivity index (χ0v) is 15.9. The van der Waals surface area contributed by atoms with Gasteiger partial charge < -0.3 is 13.9 Å². The number of carbonyl (C=O) groups is 1. The van der Waals surface area contributed by atoms with Crippen LogP contribution in [-0.4, -0.2) is 12.6 Å². The van der Waals surface area contributed by atoms with Gasteiger partial charge in [-0.2, -0.15) is 0 Å². The fourth-order valence-corrected chi connectivity index (χ4v) is 3.06. The molecule has 0 radical (unpaired) electrons. The molecule has 0 unspecified atom stereocenters. The highest BCUT2D eigenvalue weighted by Crippen LogP contribution is 2.35. The van der Waals surface area contributed by atoms with Crippen molar-refractivity contribution in [2.24, 2.45) is 0 Å². The summed E-state index contributed by atoms with van der Waals surface area (Å²) in [5.74, 6) is -0.350. The molecular formula is C23H15ClO5. The molecule has 0 saturated carbocycles. The van der Waals surface area contributed by atoms with Crippen molar-refractivity contribution >= 4 is 28.5 Å². The van der Waals surface area contributed by atoms with Crippen LogP contribution in [0.4, 0.5) is 0 Å².